The molecule has 0 saturated carbocycles. The van der Waals surface area contributed by atoms with Crippen LogP contribution in [0.2, 0.25) is 0 Å². The Bertz CT molecular complexity index is 299. The molecule has 0 saturated heterocycles. The summed E-state index contributed by atoms with van der Waals surface area (Å²) in [5.74, 6) is -0.667. The van der Waals surface area contributed by atoms with Crippen molar-refractivity contribution in [1.29, 1.82) is 5.41 Å². The van der Waals surface area contributed by atoms with E-state index in [2.05, 4.69) is 0 Å². The maximum Gasteiger partial charge on any atom is 0.134 e. The van der Waals surface area contributed by atoms with Crippen LogP contribution in [-0.2, 0) is 0 Å². The average molecular weight is 189 g/mol. The molecular formula is C8H10ClFN2. The Morgan fingerprint density at radius 1 is 1.50 bits per heavy atom. The maximum absolute atomic E-state index is 12.9. The van der Waals surface area contributed by atoms with Gasteiger partial charge in [-0.2, -0.15) is 0 Å². The second kappa shape index (κ2) is 4.07. The standard InChI is InChI=1S/C8H9FN2.ClH/c1-5-2-3-6(8(10)11)7(9)4-5;/h2-4H,1H3,(H3,10,11);1H. The minimum Gasteiger partial charge on any atom is -0.384 e. The highest BCUT2D eigenvalue weighted by Gasteiger charge is 2.03. The average Bonchev–Trinajstić information content (AvgIpc) is 1.85. The number of halogens is 2. The summed E-state index contributed by atoms with van der Waals surface area (Å²) < 4.78 is 12.9. The Balaban J connectivity index is 0.00000121. The number of aryl methyl sites for hydroxylation is 1. The lowest BCUT2D eigenvalue weighted by atomic mass is 10.1. The molecule has 0 aromatic heterocycles. The predicted molar refractivity (Wildman–Crippen MR) is 49.4 cm³/mol. The monoisotopic (exact) mass is 188 g/mol. The van der Waals surface area contributed by atoms with Crippen LogP contribution >= 0.6 is 12.4 Å². The highest BCUT2D eigenvalue weighted by molar-refractivity contribution is 5.95. The highest BCUT2D eigenvalue weighted by atomic mass is 35.5. The summed E-state index contributed by atoms with van der Waals surface area (Å²) in [6.45, 7) is 1.78. The van der Waals surface area contributed by atoms with Gasteiger partial charge in [0.05, 0.1) is 5.56 Å². The third-order valence-corrected chi connectivity index (χ3v) is 1.41. The van der Waals surface area contributed by atoms with Gasteiger partial charge in [-0.15, -0.1) is 12.4 Å². The number of amidine groups is 1. The molecule has 0 aliphatic rings. The summed E-state index contributed by atoms with van der Waals surface area (Å²) in [5.41, 5.74) is 6.10. The topological polar surface area (TPSA) is 49.9 Å². The van der Waals surface area contributed by atoms with Crippen molar-refractivity contribution >= 4 is 18.2 Å². The van der Waals surface area contributed by atoms with Crippen LogP contribution in [0.4, 0.5) is 4.39 Å². The normalized spacial score (nSPS) is 8.83. The first kappa shape index (κ1) is 10.9. The summed E-state index contributed by atoms with van der Waals surface area (Å²) >= 11 is 0. The smallest absolute Gasteiger partial charge is 0.134 e. The van der Waals surface area contributed by atoms with Crippen LogP contribution in [0.5, 0.6) is 0 Å². The van der Waals surface area contributed by atoms with Crippen LogP contribution in [0.3, 0.4) is 0 Å². The third-order valence-electron chi connectivity index (χ3n) is 1.41. The zero-order chi connectivity index (χ0) is 8.43. The number of hydrogen-bond acceptors (Lipinski definition) is 1. The fourth-order valence-electron chi connectivity index (χ4n) is 0.839. The number of benzene rings is 1. The molecule has 0 heterocycles. The largest absolute Gasteiger partial charge is 0.384 e. The molecule has 1 aromatic carbocycles. The van der Waals surface area contributed by atoms with Gasteiger partial charge in [-0.05, 0) is 24.6 Å². The van der Waals surface area contributed by atoms with Crippen molar-refractivity contribution in [3.05, 3.63) is 35.1 Å². The fourth-order valence-corrected chi connectivity index (χ4v) is 0.839. The van der Waals surface area contributed by atoms with Gasteiger partial charge in [-0.3, -0.25) is 5.41 Å². The molecule has 0 atom stereocenters. The number of nitrogens with two attached hydrogens (primary N) is 1. The van der Waals surface area contributed by atoms with Crippen LogP contribution < -0.4 is 5.73 Å². The van der Waals surface area contributed by atoms with E-state index >= 15 is 0 Å². The molecule has 1 rings (SSSR count). The minimum atomic E-state index is -0.433. The minimum absolute atomic E-state index is 0. The molecule has 0 aliphatic heterocycles. The van der Waals surface area contributed by atoms with Crippen LogP contribution in [-0.4, -0.2) is 5.84 Å². The number of hydrogen-bond donors (Lipinski definition) is 2. The third kappa shape index (κ3) is 2.20. The van der Waals surface area contributed by atoms with Crippen molar-refractivity contribution in [2.24, 2.45) is 5.73 Å². The first-order valence-electron chi connectivity index (χ1n) is 3.22. The quantitative estimate of drug-likeness (QED) is 0.513. The Hall–Kier alpha value is -1.09. The summed E-state index contributed by atoms with van der Waals surface area (Å²) in [4.78, 5) is 0. The van der Waals surface area contributed by atoms with Crippen LogP contribution in [0.1, 0.15) is 11.1 Å². The van der Waals surface area contributed by atoms with Crippen LogP contribution in [0.15, 0.2) is 18.2 Å². The Labute approximate surface area is 76.5 Å². The van der Waals surface area contributed by atoms with Gasteiger partial charge < -0.3 is 5.73 Å². The zero-order valence-electron chi connectivity index (χ0n) is 6.60. The van der Waals surface area contributed by atoms with E-state index in [9.17, 15) is 4.39 Å². The van der Waals surface area contributed by atoms with E-state index in [0.29, 0.717) is 0 Å². The summed E-state index contributed by atoms with van der Waals surface area (Å²) in [6.07, 6.45) is 0. The van der Waals surface area contributed by atoms with E-state index in [4.69, 9.17) is 11.1 Å². The number of nitrogen functional groups attached to an aromatic ring is 1. The highest BCUT2D eigenvalue weighted by Crippen LogP contribution is 2.08. The van der Waals surface area contributed by atoms with Gasteiger partial charge in [0.15, 0.2) is 0 Å². The van der Waals surface area contributed by atoms with Gasteiger partial charge in [-0.25, -0.2) is 4.39 Å². The van der Waals surface area contributed by atoms with Crippen molar-refractivity contribution in [2.45, 2.75) is 6.92 Å². The van der Waals surface area contributed by atoms with E-state index in [1.807, 2.05) is 0 Å². The van der Waals surface area contributed by atoms with Gasteiger partial charge >= 0.3 is 0 Å². The van der Waals surface area contributed by atoms with Gasteiger partial charge in [0.1, 0.15) is 11.7 Å². The SMILES string of the molecule is Cc1ccc(C(=N)N)c(F)c1.Cl. The van der Waals surface area contributed by atoms with Crippen molar-refractivity contribution in [3.63, 3.8) is 0 Å². The van der Waals surface area contributed by atoms with E-state index in [1.165, 1.54) is 12.1 Å². The van der Waals surface area contributed by atoms with E-state index in [1.54, 1.807) is 13.0 Å². The lowest BCUT2D eigenvalue weighted by molar-refractivity contribution is 0.623. The van der Waals surface area contributed by atoms with Crippen molar-refractivity contribution in [1.82, 2.24) is 0 Å². The van der Waals surface area contributed by atoms with Crippen LogP contribution in [0.25, 0.3) is 0 Å². The van der Waals surface area contributed by atoms with Gasteiger partial charge in [-0.1, -0.05) is 6.07 Å². The molecule has 0 amide bonds. The second-order valence-corrected chi connectivity index (χ2v) is 2.40. The van der Waals surface area contributed by atoms with E-state index in [0.717, 1.165) is 5.56 Å². The molecule has 0 spiro atoms. The molecule has 12 heavy (non-hydrogen) atoms. The number of nitrogens with one attached hydrogen (secondary N) is 1. The Morgan fingerprint density at radius 3 is 2.50 bits per heavy atom. The summed E-state index contributed by atoms with van der Waals surface area (Å²) in [6, 6.07) is 4.59. The molecule has 3 N–H and O–H groups in total. The fraction of sp³-hybridized carbons (Fsp3) is 0.125. The molecule has 0 aliphatic carbocycles. The molecule has 0 bridgehead atoms. The molecule has 4 heteroatoms. The first-order chi connectivity index (χ1) is 5.11. The van der Waals surface area contributed by atoms with E-state index < -0.39 is 5.82 Å². The van der Waals surface area contributed by atoms with Gasteiger partial charge in [0.25, 0.3) is 0 Å². The molecule has 66 valence electrons. The lowest BCUT2D eigenvalue weighted by Crippen LogP contribution is -2.12. The molecule has 0 fully saturated rings. The summed E-state index contributed by atoms with van der Waals surface area (Å²) in [5, 5.41) is 6.98. The number of rotatable bonds is 1. The van der Waals surface area contributed by atoms with Gasteiger partial charge in [0, 0.05) is 0 Å². The van der Waals surface area contributed by atoms with Gasteiger partial charge in [0.2, 0.25) is 0 Å². The Kier molecular flexibility index (Phi) is 3.70. The lowest BCUT2D eigenvalue weighted by Gasteiger charge is -2.00. The second-order valence-electron chi connectivity index (χ2n) is 2.40. The van der Waals surface area contributed by atoms with E-state index in [-0.39, 0.29) is 23.8 Å². The summed E-state index contributed by atoms with van der Waals surface area (Å²) in [7, 11) is 0. The molecule has 0 unspecified atom stereocenters. The molecular weight excluding hydrogens is 179 g/mol. The molecule has 0 radical (unpaired) electrons. The van der Waals surface area contributed by atoms with Crippen molar-refractivity contribution in [3.8, 4) is 0 Å². The zero-order valence-corrected chi connectivity index (χ0v) is 7.41. The maximum atomic E-state index is 12.9. The molecule has 1 aromatic rings. The predicted octanol–water partition coefficient (Wildman–Crippen LogP) is 1.84. The Morgan fingerprint density at radius 2 is 2.08 bits per heavy atom. The van der Waals surface area contributed by atoms with Crippen molar-refractivity contribution < 1.29 is 4.39 Å². The van der Waals surface area contributed by atoms with Crippen molar-refractivity contribution in [2.75, 3.05) is 0 Å². The molecule has 2 nitrogen and oxygen atoms in total. The first-order valence-corrected chi connectivity index (χ1v) is 3.22. The van der Waals surface area contributed by atoms with Crippen LogP contribution in [0, 0.1) is 18.2 Å².